The molecule has 0 aromatic heterocycles. The molecule has 0 rings (SSSR count). The minimum Gasteiger partial charge on any atom is -0.501 e. The number of carbonyl (C=O) groups excluding carboxylic acids is 2. The Labute approximate surface area is 128 Å². The Hall–Kier alpha value is -1.24. The highest BCUT2D eigenvalue weighted by Gasteiger charge is 2.36. The molecule has 0 saturated carbocycles. The molecule has 0 heterocycles. The summed E-state index contributed by atoms with van der Waals surface area (Å²) in [7, 11) is -2.11. The zero-order chi connectivity index (χ0) is 16.1. The lowest BCUT2D eigenvalue weighted by atomic mass is 10.5. The molecule has 0 atom stereocenters. The van der Waals surface area contributed by atoms with E-state index in [0.717, 1.165) is 37.4 Å². The van der Waals surface area contributed by atoms with Crippen molar-refractivity contribution in [2.75, 3.05) is 6.61 Å². The summed E-state index contributed by atoms with van der Waals surface area (Å²) in [6.45, 7) is 8.41. The Bertz CT molecular complexity index is 331. The van der Waals surface area contributed by atoms with Crippen LogP contribution in [-0.2, 0) is 9.16 Å². The van der Waals surface area contributed by atoms with E-state index in [2.05, 4.69) is 31.0 Å². The van der Waals surface area contributed by atoms with E-state index < -0.39 is 20.5 Å². The van der Waals surface area contributed by atoms with Gasteiger partial charge in [-0.25, -0.2) is 9.59 Å². The molecule has 0 aliphatic rings. The molecule has 6 nitrogen and oxygen atoms in total. The normalized spacial score (nSPS) is 11.6. The van der Waals surface area contributed by atoms with E-state index in [9.17, 15) is 9.59 Å². The van der Waals surface area contributed by atoms with E-state index >= 15 is 0 Å². The summed E-state index contributed by atoms with van der Waals surface area (Å²) in [5.74, 6) is 0. The number of azo groups is 1. The SMILES string of the molecule is CCCOC(=O)N=NC(=O)O[Si](CCC)(CCC)CCC. The largest absolute Gasteiger partial charge is 0.501 e. The molecule has 0 fully saturated rings. The first kappa shape index (κ1) is 19.8. The average molecular weight is 316 g/mol. The van der Waals surface area contributed by atoms with Gasteiger partial charge < -0.3 is 9.16 Å². The second-order valence-electron chi connectivity index (χ2n) is 5.12. The van der Waals surface area contributed by atoms with Gasteiger partial charge in [-0.15, -0.1) is 0 Å². The fourth-order valence-corrected chi connectivity index (χ4v) is 6.60. The van der Waals surface area contributed by atoms with Crippen molar-refractivity contribution in [2.45, 2.75) is 71.5 Å². The van der Waals surface area contributed by atoms with Crippen molar-refractivity contribution < 1.29 is 18.8 Å². The molecule has 21 heavy (non-hydrogen) atoms. The molecule has 0 radical (unpaired) electrons. The maximum absolute atomic E-state index is 11.8. The predicted molar refractivity (Wildman–Crippen MR) is 84.0 cm³/mol. The van der Waals surface area contributed by atoms with Gasteiger partial charge in [0.1, 0.15) is 0 Å². The van der Waals surface area contributed by atoms with Gasteiger partial charge >= 0.3 is 12.2 Å². The van der Waals surface area contributed by atoms with Gasteiger partial charge in [0.2, 0.25) is 0 Å². The molecule has 0 aromatic rings. The molecule has 0 spiro atoms. The Morgan fingerprint density at radius 3 is 1.71 bits per heavy atom. The van der Waals surface area contributed by atoms with Gasteiger partial charge in [0, 0.05) is 0 Å². The van der Waals surface area contributed by atoms with Crippen LogP contribution in [0, 0.1) is 0 Å². The summed E-state index contributed by atoms with van der Waals surface area (Å²) >= 11 is 0. The Morgan fingerprint density at radius 1 is 0.810 bits per heavy atom. The lowest BCUT2D eigenvalue weighted by Crippen LogP contribution is -2.39. The Morgan fingerprint density at radius 2 is 1.29 bits per heavy atom. The van der Waals surface area contributed by atoms with Crippen LogP contribution in [0.15, 0.2) is 10.2 Å². The lowest BCUT2D eigenvalue weighted by Gasteiger charge is -2.29. The van der Waals surface area contributed by atoms with Gasteiger partial charge in [-0.3, -0.25) is 0 Å². The maximum atomic E-state index is 11.8. The van der Waals surface area contributed by atoms with Crippen molar-refractivity contribution in [3.63, 3.8) is 0 Å². The molecule has 0 aromatic carbocycles. The van der Waals surface area contributed by atoms with Crippen LogP contribution in [0.5, 0.6) is 0 Å². The van der Waals surface area contributed by atoms with Crippen molar-refractivity contribution in [1.29, 1.82) is 0 Å². The van der Waals surface area contributed by atoms with Crippen molar-refractivity contribution in [2.24, 2.45) is 10.2 Å². The van der Waals surface area contributed by atoms with Gasteiger partial charge in [0.15, 0.2) is 0 Å². The fraction of sp³-hybridized carbons (Fsp3) is 0.857. The van der Waals surface area contributed by atoms with Gasteiger partial charge in [-0.2, -0.15) is 0 Å². The lowest BCUT2D eigenvalue weighted by molar-refractivity contribution is 0.154. The highest BCUT2D eigenvalue weighted by molar-refractivity contribution is 6.75. The highest BCUT2D eigenvalue weighted by Crippen LogP contribution is 2.27. The highest BCUT2D eigenvalue weighted by atomic mass is 28.4. The van der Waals surface area contributed by atoms with Crippen LogP contribution in [-0.4, -0.2) is 27.1 Å². The smallest absolute Gasteiger partial charge is 0.452 e. The molecule has 122 valence electrons. The first-order chi connectivity index (χ1) is 10.0. The van der Waals surface area contributed by atoms with Crippen molar-refractivity contribution in [1.82, 2.24) is 0 Å². The minimum atomic E-state index is -2.11. The van der Waals surface area contributed by atoms with Gasteiger partial charge in [0.05, 0.1) is 6.61 Å². The molecule has 7 heteroatoms. The third kappa shape index (κ3) is 8.59. The van der Waals surface area contributed by atoms with E-state index in [0.29, 0.717) is 6.42 Å². The molecular formula is C14H28N2O4Si. The van der Waals surface area contributed by atoms with E-state index in [1.54, 1.807) is 0 Å². The first-order valence-electron chi connectivity index (χ1n) is 7.85. The maximum Gasteiger partial charge on any atom is 0.452 e. The van der Waals surface area contributed by atoms with Crippen molar-refractivity contribution >= 4 is 20.5 Å². The summed E-state index contributed by atoms with van der Waals surface area (Å²) in [5.41, 5.74) is 0. The van der Waals surface area contributed by atoms with Crippen molar-refractivity contribution in [3.05, 3.63) is 0 Å². The molecule has 0 aliphatic heterocycles. The third-order valence-corrected chi connectivity index (χ3v) is 7.90. The summed E-state index contributed by atoms with van der Waals surface area (Å²) in [4.78, 5) is 23.0. The number of ether oxygens (including phenoxy) is 1. The molecule has 0 unspecified atom stereocenters. The zero-order valence-corrected chi connectivity index (χ0v) is 14.7. The molecule has 0 bridgehead atoms. The first-order valence-corrected chi connectivity index (χ1v) is 10.4. The van der Waals surface area contributed by atoms with Gasteiger partial charge in [-0.05, 0) is 24.6 Å². The Kier molecular flexibility index (Phi) is 10.7. The van der Waals surface area contributed by atoms with E-state index in [1.807, 2.05) is 6.92 Å². The minimum absolute atomic E-state index is 0.271. The fourth-order valence-electron chi connectivity index (χ4n) is 2.40. The monoisotopic (exact) mass is 316 g/mol. The van der Waals surface area contributed by atoms with E-state index in [1.165, 1.54) is 0 Å². The van der Waals surface area contributed by atoms with Crippen LogP contribution in [0.4, 0.5) is 9.59 Å². The molecule has 0 saturated heterocycles. The van der Waals surface area contributed by atoms with E-state index in [-0.39, 0.29) is 6.61 Å². The number of hydrogen-bond acceptors (Lipinski definition) is 4. The van der Waals surface area contributed by atoms with Crippen LogP contribution in [0.25, 0.3) is 0 Å². The molecule has 0 aliphatic carbocycles. The van der Waals surface area contributed by atoms with Crippen LogP contribution in [0.1, 0.15) is 53.4 Å². The average Bonchev–Trinajstić information content (AvgIpc) is 2.43. The quantitative estimate of drug-likeness (QED) is 0.427. The molecular weight excluding hydrogens is 288 g/mol. The van der Waals surface area contributed by atoms with Crippen LogP contribution < -0.4 is 0 Å². The number of hydrogen-bond donors (Lipinski definition) is 0. The van der Waals surface area contributed by atoms with Crippen LogP contribution >= 0.6 is 0 Å². The number of rotatable bonds is 9. The van der Waals surface area contributed by atoms with Crippen LogP contribution in [0.3, 0.4) is 0 Å². The summed E-state index contributed by atoms with van der Waals surface area (Å²) in [6, 6.07) is 2.78. The van der Waals surface area contributed by atoms with Gasteiger partial charge in [0.25, 0.3) is 8.32 Å². The van der Waals surface area contributed by atoms with Crippen LogP contribution in [0.2, 0.25) is 18.1 Å². The summed E-state index contributed by atoms with van der Waals surface area (Å²) in [6.07, 6.45) is 2.04. The molecule has 0 N–H and O–H groups in total. The van der Waals surface area contributed by atoms with Gasteiger partial charge in [-0.1, -0.05) is 57.2 Å². The zero-order valence-electron chi connectivity index (χ0n) is 13.7. The topological polar surface area (TPSA) is 77.3 Å². The number of nitrogens with zero attached hydrogens (tertiary/aromatic N) is 2. The number of carbonyl (C=O) groups is 2. The third-order valence-electron chi connectivity index (χ3n) is 3.06. The summed E-state index contributed by atoms with van der Waals surface area (Å²) < 4.78 is 10.4. The van der Waals surface area contributed by atoms with Crippen molar-refractivity contribution in [3.8, 4) is 0 Å². The summed E-state index contributed by atoms with van der Waals surface area (Å²) in [5, 5.41) is 6.57. The molecule has 2 amide bonds. The standard InChI is InChI=1S/C14H28N2O4Si/c1-5-9-19-13(17)15-16-14(18)20-21(10-6-2,11-7-3)12-8-4/h5-12H2,1-4H3. The van der Waals surface area contributed by atoms with E-state index in [4.69, 9.17) is 9.16 Å². The second-order valence-corrected chi connectivity index (χ2v) is 9.19. The number of amides is 2. The predicted octanol–water partition coefficient (Wildman–Crippen LogP) is 5.30. The Balaban J connectivity index is 4.64. The second kappa shape index (κ2) is 11.4.